The minimum Gasteiger partial charge on any atom is -0.481 e. The highest BCUT2D eigenvalue weighted by atomic mass is 16.4. The van der Waals surface area contributed by atoms with E-state index >= 15 is 0 Å². The topological polar surface area (TPSA) is 66.4 Å². The number of hydrogen-bond acceptors (Lipinski definition) is 2. The Bertz CT molecular complexity index is 341. The lowest BCUT2D eigenvalue weighted by atomic mass is 9.70. The predicted octanol–water partition coefficient (Wildman–Crippen LogP) is 2.57. The molecule has 1 amide bonds. The van der Waals surface area contributed by atoms with Gasteiger partial charge in [-0.1, -0.05) is 13.3 Å². The van der Waals surface area contributed by atoms with Crippen molar-refractivity contribution in [3.63, 3.8) is 0 Å². The molecule has 0 unspecified atom stereocenters. The minimum atomic E-state index is -0.747. The highest BCUT2D eigenvalue weighted by Gasteiger charge is 2.41. The number of carboxylic acids is 1. The van der Waals surface area contributed by atoms with Crippen LogP contribution < -0.4 is 5.32 Å². The molecule has 2 saturated carbocycles. The standard InChI is InChI=1S/C15H25NO3/c1-11-5-7-15(8-6-11,14(18)19)10-16-13(17)9-12-3-2-4-12/h11-12H,2-10H2,1H3,(H,16,17)(H,18,19). The van der Waals surface area contributed by atoms with Gasteiger partial charge in [-0.15, -0.1) is 0 Å². The Balaban J connectivity index is 1.83. The molecule has 0 aliphatic heterocycles. The normalized spacial score (nSPS) is 31.5. The summed E-state index contributed by atoms with van der Waals surface area (Å²) in [6, 6.07) is 0. The van der Waals surface area contributed by atoms with Gasteiger partial charge in [0.2, 0.25) is 5.91 Å². The molecule has 0 heterocycles. The minimum absolute atomic E-state index is 0.0314. The molecule has 4 heteroatoms. The SMILES string of the molecule is CC1CCC(CNC(=O)CC2CCC2)(C(=O)O)CC1. The van der Waals surface area contributed by atoms with Crippen LogP contribution in [0.25, 0.3) is 0 Å². The summed E-state index contributed by atoms with van der Waals surface area (Å²) in [6.07, 6.45) is 7.38. The number of carboxylic acid groups (broad SMARTS) is 1. The third-order valence-corrected chi connectivity index (χ3v) is 5.01. The second-order valence-corrected chi connectivity index (χ2v) is 6.55. The third kappa shape index (κ3) is 3.48. The summed E-state index contributed by atoms with van der Waals surface area (Å²) < 4.78 is 0. The number of aliphatic carboxylic acids is 1. The van der Waals surface area contributed by atoms with Gasteiger partial charge in [0.05, 0.1) is 5.41 Å². The molecule has 0 aromatic heterocycles. The van der Waals surface area contributed by atoms with Crippen molar-refractivity contribution in [1.29, 1.82) is 0 Å². The smallest absolute Gasteiger partial charge is 0.311 e. The summed E-state index contributed by atoms with van der Waals surface area (Å²) in [5, 5.41) is 12.3. The Morgan fingerprint density at radius 3 is 2.32 bits per heavy atom. The van der Waals surface area contributed by atoms with Crippen molar-refractivity contribution < 1.29 is 14.7 Å². The molecule has 2 aliphatic rings. The quantitative estimate of drug-likeness (QED) is 0.804. The second-order valence-electron chi connectivity index (χ2n) is 6.55. The fourth-order valence-electron chi connectivity index (χ4n) is 3.08. The van der Waals surface area contributed by atoms with E-state index in [2.05, 4.69) is 12.2 Å². The number of nitrogens with one attached hydrogen (secondary N) is 1. The third-order valence-electron chi connectivity index (χ3n) is 5.01. The van der Waals surface area contributed by atoms with Gasteiger partial charge in [-0.05, 0) is 50.4 Å². The maximum Gasteiger partial charge on any atom is 0.311 e. The zero-order valence-electron chi connectivity index (χ0n) is 11.8. The van der Waals surface area contributed by atoms with Crippen molar-refractivity contribution in [2.75, 3.05) is 6.54 Å². The van der Waals surface area contributed by atoms with Crippen molar-refractivity contribution in [1.82, 2.24) is 5.32 Å². The second kappa shape index (κ2) is 5.93. The van der Waals surface area contributed by atoms with E-state index in [0.29, 0.717) is 37.6 Å². The Labute approximate surface area is 115 Å². The number of amides is 1. The van der Waals surface area contributed by atoms with Gasteiger partial charge in [-0.2, -0.15) is 0 Å². The van der Waals surface area contributed by atoms with Crippen LogP contribution in [0.3, 0.4) is 0 Å². The maximum atomic E-state index is 11.8. The lowest BCUT2D eigenvalue weighted by Crippen LogP contribution is -2.45. The summed E-state index contributed by atoms with van der Waals surface area (Å²) in [6.45, 7) is 2.47. The number of carbonyl (C=O) groups is 2. The van der Waals surface area contributed by atoms with Gasteiger partial charge in [-0.25, -0.2) is 0 Å². The van der Waals surface area contributed by atoms with Crippen molar-refractivity contribution >= 4 is 11.9 Å². The first-order valence-electron chi connectivity index (χ1n) is 7.52. The van der Waals surface area contributed by atoms with Crippen LogP contribution >= 0.6 is 0 Å². The summed E-state index contributed by atoms with van der Waals surface area (Å²) in [5.41, 5.74) is -0.720. The number of carbonyl (C=O) groups excluding carboxylic acids is 1. The van der Waals surface area contributed by atoms with Gasteiger partial charge in [0, 0.05) is 13.0 Å². The van der Waals surface area contributed by atoms with E-state index in [4.69, 9.17) is 0 Å². The first-order valence-corrected chi connectivity index (χ1v) is 7.52. The highest BCUT2D eigenvalue weighted by Crippen LogP contribution is 2.38. The Hall–Kier alpha value is -1.06. The van der Waals surface area contributed by atoms with Gasteiger partial charge in [0.25, 0.3) is 0 Å². The molecular weight excluding hydrogens is 242 g/mol. The first-order chi connectivity index (χ1) is 9.02. The molecule has 4 nitrogen and oxygen atoms in total. The van der Waals surface area contributed by atoms with E-state index in [0.717, 1.165) is 25.7 Å². The highest BCUT2D eigenvalue weighted by molar-refractivity contribution is 5.79. The van der Waals surface area contributed by atoms with E-state index in [9.17, 15) is 14.7 Å². The van der Waals surface area contributed by atoms with Crippen LogP contribution in [0.4, 0.5) is 0 Å². The number of hydrogen-bond donors (Lipinski definition) is 2. The van der Waals surface area contributed by atoms with Gasteiger partial charge in [-0.3, -0.25) is 9.59 Å². The average Bonchev–Trinajstić information content (AvgIpc) is 2.33. The fourth-order valence-corrected chi connectivity index (χ4v) is 3.08. The van der Waals surface area contributed by atoms with Crippen LogP contribution in [-0.4, -0.2) is 23.5 Å². The van der Waals surface area contributed by atoms with E-state index < -0.39 is 11.4 Å². The summed E-state index contributed by atoms with van der Waals surface area (Å²) in [5.74, 6) is 0.428. The molecular formula is C15H25NO3. The molecule has 2 aliphatic carbocycles. The molecule has 0 bridgehead atoms. The van der Waals surface area contributed by atoms with Crippen LogP contribution in [-0.2, 0) is 9.59 Å². The van der Waals surface area contributed by atoms with Crippen molar-refractivity contribution in [2.24, 2.45) is 17.3 Å². The van der Waals surface area contributed by atoms with E-state index in [1.807, 2.05) is 0 Å². The molecule has 0 aromatic rings. The molecule has 0 spiro atoms. The molecule has 0 aromatic carbocycles. The summed E-state index contributed by atoms with van der Waals surface area (Å²) >= 11 is 0. The first kappa shape index (κ1) is 14.4. The van der Waals surface area contributed by atoms with E-state index in [1.54, 1.807) is 0 Å². The van der Waals surface area contributed by atoms with E-state index in [-0.39, 0.29) is 5.91 Å². The van der Waals surface area contributed by atoms with Crippen LogP contribution in [0.2, 0.25) is 0 Å². The Kier molecular flexibility index (Phi) is 4.48. The lowest BCUT2D eigenvalue weighted by molar-refractivity contribution is -0.151. The molecule has 2 rings (SSSR count). The molecule has 108 valence electrons. The van der Waals surface area contributed by atoms with Gasteiger partial charge < -0.3 is 10.4 Å². The lowest BCUT2D eigenvalue weighted by Gasteiger charge is -2.36. The average molecular weight is 267 g/mol. The van der Waals surface area contributed by atoms with Crippen molar-refractivity contribution in [3.8, 4) is 0 Å². The zero-order chi connectivity index (χ0) is 13.9. The Morgan fingerprint density at radius 2 is 1.84 bits per heavy atom. The molecule has 0 radical (unpaired) electrons. The summed E-state index contributed by atoms with van der Waals surface area (Å²) in [4.78, 5) is 23.3. The van der Waals surface area contributed by atoms with Crippen molar-refractivity contribution in [2.45, 2.75) is 58.3 Å². The van der Waals surface area contributed by atoms with Gasteiger partial charge in [0.15, 0.2) is 0 Å². The van der Waals surface area contributed by atoms with Gasteiger partial charge >= 0.3 is 5.97 Å². The zero-order valence-corrected chi connectivity index (χ0v) is 11.8. The molecule has 0 saturated heterocycles. The van der Waals surface area contributed by atoms with Crippen molar-refractivity contribution in [3.05, 3.63) is 0 Å². The van der Waals surface area contributed by atoms with Gasteiger partial charge in [0.1, 0.15) is 0 Å². The van der Waals surface area contributed by atoms with Crippen LogP contribution in [0.15, 0.2) is 0 Å². The largest absolute Gasteiger partial charge is 0.481 e. The summed E-state index contributed by atoms with van der Waals surface area (Å²) in [7, 11) is 0. The maximum absolute atomic E-state index is 11.8. The molecule has 0 atom stereocenters. The Morgan fingerprint density at radius 1 is 1.21 bits per heavy atom. The number of rotatable bonds is 5. The predicted molar refractivity (Wildman–Crippen MR) is 72.7 cm³/mol. The molecule has 19 heavy (non-hydrogen) atoms. The van der Waals surface area contributed by atoms with E-state index in [1.165, 1.54) is 6.42 Å². The van der Waals surface area contributed by atoms with Crippen LogP contribution in [0, 0.1) is 17.3 Å². The molecule has 2 N–H and O–H groups in total. The fraction of sp³-hybridized carbons (Fsp3) is 0.867. The van der Waals surface area contributed by atoms with Crippen LogP contribution in [0.5, 0.6) is 0 Å². The molecule has 2 fully saturated rings. The van der Waals surface area contributed by atoms with Crippen LogP contribution in [0.1, 0.15) is 58.3 Å². The monoisotopic (exact) mass is 267 g/mol.